The van der Waals surface area contributed by atoms with Crippen molar-refractivity contribution in [3.05, 3.63) is 35.9 Å². The Kier molecular flexibility index (Phi) is 5.88. The van der Waals surface area contributed by atoms with Gasteiger partial charge in [-0.15, -0.1) is 0 Å². The molecule has 0 bridgehead atoms. The largest absolute Gasteiger partial charge is 0.480 e. The van der Waals surface area contributed by atoms with E-state index in [9.17, 15) is 9.59 Å². The van der Waals surface area contributed by atoms with E-state index in [1.807, 2.05) is 30.3 Å². The van der Waals surface area contributed by atoms with Gasteiger partial charge in [0.1, 0.15) is 6.04 Å². The van der Waals surface area contributed by atoms with Gasteiger partial charge in [-0.25, -0.2) is 0 Å². The van der Waals surface area contributed by atoms with E-state index < -0.39 is 18.1 Å². The normalized spacial score (nSPS) is 13.9. The lowest BCUT2D eigenvalue weighted by atomic mass is 10.0. The Bertz CT molecular complexity index is 408. The zero-order valence-corrected chi connectivity index (χ0v) is 11.1. The van der Waals surface area contributed by atoms with Crippen molar-refractivity contribution in [3.63, 3.8) is 0 Å². The SMILES string of the molecule is CC(NC(CS)C(=O)O)C(=O)Cc1ccccc1. The summed E-state index contributed by atoms with van der Waals surface area (Å²) in [5, 5.41) is 11.6. The van der Waals surface area contributed by atoms with Gasteiger partial charge in [0.25, 0.3) is 0 Å². The van der Waals surface area contributed by atoms with E-state index >= 15 is 0 Å². The second-order valence-electron chi connectivity index (χ2n) is 4.09. The highest BCUT2D eigenvalue weighted by Gasteiger charge is 2.21. The number of nitrogens with one attached hydrogen (secondary N) is 1. The highest BCUT2D eigenvalue weighted by atomic mass is 32.1. The van der Waals surface area contributed by atoms with E-state index in [4.69, 9.17) is 5.11 Å². The smallest absolute Gasteiger partial charge is 0.321 e. The molecule has 4 nitrogen and oxygen atoms in total. The molecule has 2 unspecified atom stereocenters. The van der Waals surface area contributed by atoms with Gasteiger partial charge in [-0.1, -0.05) is 30.3 Å². The van der Waals surface area contributed by atoms with Crippen LogP contribution >= 0.6 is 12.6 Å². The van der Waals surface area contributed by atoms with E-state index in [0.29, 0.717) is 6.42 Å². The van der Waals surface area contributed by atoms with Crippen molar-refractivity contribution in [1.29, 1.82) is 0 Å². The summed E-state index contributed by atoms with van der Waals surface area (Å²) in [6, 6.07) is 8.07. The molecule has 1 rings (SSSR count). The molecule has 98 valence electrons. The number of rotatable bonds is 7. The Morgan fingerprint density at radius 1 is 1.33 bits per heavy atom. The molecule has 0 aliphatic carbocycles. The molecular formula is C13H17NO3S. The summed E-state index contributed by atoms with van der Waals surface area (Å²) in [4.78, 5) is 22.7. The third kappa shape index (κ3) is 4.50. The lowest BCUT2D eigenvalue weighted by Crippen LogP contribution is -2.47. The summed E-state index contributed by atoms with van der Waals surface area (Å²) >= 11 is 3.94. The fourth-order valence-electron chi connectivity index (χ4n) is 1.55. The van der Waals surface area contributed by atoms with Gasteiger partial charge in [0, 0.05) is 12.2 Å². The molecule has 0 fully saturated rings. The number of hydrogen-bond donors (Lipinski definition) is 3. The summed E-state index contributed by atoms with van der Waals surface area (Å²) in [5.74, 6) is -0.878. The Morgan fingerprint density at radius 2 is 1.94 bits per heavy atom. The minimum absolute atomic E-state index is 0.0331. The van der Waals surface area contributed by atoms with Gasteiger partial charge in [0.2, 0.25) is 0 Å². The van der Waals surface area contributed by atoms with Crippen LogP contribution in [0.5, 0.6) is 0 Å². The maximum atomic E-state index is 11.9. The van der Waals surface area contributed by atoms with Crippen LogP contribution in [0.2, 0.25) is 0 Å². The maximum Gasteiger partial charge on any atom is 0.321 e. The second kappa shape index (κ2) is 7.18. The Morgan fingerprint density at radius 3 is 2.44 bits per heavy atom. The Labute approximate surface area is 112 Å². The van der Waals surface area contributed by atoms with Gasteiger partial charge in [0.15, 0.2) is 5.78 Å². The molecule has 0 radical (unpaired) electrons. The monoisotopic (exact) mass is 267 g/mol. The summed E-state index contributed by atoms with van der Waals surface area (Å²) in [6.07, 6.45) is 0.300. The molecule has 1 aromatic carbocycles. The van der Waals surface area contributed by atoms with Crippen LogP contribution in [0.1, 0.15) is 12.5 Å². The van der Waals surface area contributed by atoms with E-state index in [-0.39, 0.29) is 11.5 Å². The van der Waals surface area contributed by atoms with Crippen molar-refractivity contribution in [2.45, 2.75) is 25.4 Å². The molecule has 5 heteroatoms. The molecule has 0 amide bonds. The van der Waals surface area contributed by atoms with Crippen molar-refractivity contribution in [1.82, 2.24) is 5.32 Å². The number of thiol groups is 1. The number of ketones is 1. The molecule has 2 N–H and O–H groups in total. The van der Waals surface area contributed by atoms with Gasteiger partial charge in [0.05, 0.1) is 6.04 Å². The first-order valence-electron chi connectivity index (χ1n) is 5.71. The van der Waals surface area contributed by atoms with Crippen LogP contribution < -0.4 is 5.32 Å². The van der Waals surface area contributed by atoms with Crippen molar-refractivity contribution < 1.29 is 14.7 Å². The highest BCUT2D eigenvalue weighted by molar-refractivity contribution is 7.80. The van der Waals surface area contributed by atoms with Gasteiger partial charge >= 0.3 is 5.97 Å². The van der Waals surface area contributed by atoms with E-state index in [2.05, 4.69) is 17.9 Å². The first-order chi connectivity index (χ1) is 8.54. The van der Waals surface area contributed by atoms with Gasteiger partial charge < -0.3 is 5.11 Å². The fourth-order valence-corrected chi connectivity index (χ4v) is 1.81. The molecule has 0 heterocycles. The molecule has 18 heavy (non-hydrogen) atoms. The number of Topliss-reactive ketones (excluding diaryl/α,β-unsaturated/α-hetero) is 1. The number of benzene rings is 1. The molecule has 0 aliphatic rings. The van der Waals surface area contributed by atoms with Gasteiger partial charge in [-0.05, 0) is 12.5 Å². The third-order valence-electron chi connectivity index (χ3n) is 2.64. The second-order valence-corrected chi connectivity index (χ2v) is 4.46. The summed E-state index contributed by atoms with van der Waals surface area (Å²) in [6.45, 7) is 1.67. The predicted octanol–water partition coefficient (Wildman–Crippen LogP) is 1.16. The van der Waals surface area contributed by atoms with Crippen LogP contribution in [0.25, 0.3) is 0 Å². The van der Waals surface area contributed by atoms with Crippen LogP contribution in [-0.4, -0.2) is 34.7 Å². The molecule has 0 spiro atoms. The molecule has 1 aromatic rings. The summed E-state index contributed by atoms with van der Waals surface area (Å²) in [5.41, 5.74) is 0.925. The van der Waals surface area contributed by atoms with E-state index in [1.165, 1.54) is 0 Å². The number of hydrogen-bond acceptors (Lipinski definition) is 4. The topological polar surface area (TPSA) is 66.4 Å². The molecular weight excluding hydrogens is 250 g/mol. The first kappa shape index (κ1) is 14.7. The van der Waals surface area contributed by atoms with Crippen molar-refractivity contribution >= 4 is 24.4 Å². The first-order valence-corrected chi connectivity index (χ1v) is 6.34. The van der Waals surface area contributed by atoms with Gasteiger partial charge in [-0.3, -0.25) is 14.9 Å². The molecule has 0 aliphatic heterocycles. The minimum atomic E-state index is -0.996. The molecule has 0 saturated heterocycles. The molecule has 0 saturated carbocycles. The average Bonchev–Trinajstić information content (AvgIpc) is 2.36. The predicted molar refractivity (Wildman–Crippen MR) is 73.0 cm³/mol. The highest BCUT2D eigenvalue weighted by Crippen LogP contribution is 2.03. The van der Waals surface area contributed by atoms with Gasteiger partial charge in [-0.2, -0.15) is 12.6 Å². The van der Waals surface area contributed by atoms with Crippen molar-refractivity contribution in [3.8, 4) is 0 Å². The lowest BCUT2D eigenvalue weighted by molar-refractivity contribution is -0.139. The third-order valence-corrected chi connectivity index (χ3v) is 3.00. The van der Waals surface area contributed by atoms with E-state index in [0.717, 1.165) is 5.56 Å². The summed E-state index contributed by atoms with van der Waals surface area (Å²) < 4.78 is 0. The lowest BCUT2D eigenvalue weighted by Gasteiger charge is -2.17. The number of carboxylic acid groups (broad SMARTS) is 1. The van der Waals surface area contributed by atoms with Crippen LogP contribution in [0, 0.1) is 0 Å². The fraction of sp³-hybridized carbons (Fsp3) is 0.385. The van der Waals surface area contributed by atoms with Crippen molar-refractivity contribution in [2.24, 2.45) is 0 Å². The summed E-state index contributed by atoms with van der Waals surface area (Å²) in [7, 11) is 0. The standard InChI is InChI=1S/C13H17NO3S/c1-9(14-11(8-18)13(16)17)12(15)7-10-5-3-2-4-6-10/h2-6,9,11,14,18H,7-8H2,1H3,(H,16,17). The molecule has 0 aromatic heterocycles. The van der Waals surface area contributed by atoms with Crippen LogP contribution in [0.15, 0.2) is 30.3 Å². The molecule has 2 atom stereocenters. The van der Waals surface area contributed by atoms with Crippen LogP contribution in [-0.2, 0) is 16.0 Å². The number of aliphatic carboxylic acids is 1. The quantitative estimate of drug-likeness (QED) is 0.649. The van der Waals surface area contributed by atoms with Crippen LogP contribution in [0.3, 0.4) is 0 Å². The number of carbonyl (C=O) groups excluding carboxylic acids is 1. The zero-order chi connectivity index (χ0) is 13.5. The Hall–Kier alpha value is -1.33. The number of carbonyl (C=O) groups is 2. The van der Waals surface area contributed by atoms with E-state index in [1.54, 1.807) is 6.92 Å². The zero-order valence-electron chi connectivity index (χ0n) is 10.2. The van der Waals surface area contributed by atoms with Crippen LogP contribution in [0.4, 0.5) is 0 Å². The minimum Gasteiger partial charge on any atom is -0.480 e. The Balaban J connectivity index is 2.54. The maximum absolute atomic E-state index is 11.9. The van der Waals surface area contributed by atoms with Crippen molar-refractivity contribution in [2.75, 3.05) is 5.75 Å². The average molecular weight is 267 g/mol. The number of carboxylic acids is 1.